The molecule has 4 aromatic rings. The fraction of sp³-hybridized carbons (Fsp3) is 0. The van der Waals surface area contributed by atoms with Gasteiger partial charge in [0.15, 0.2) is 0 Å². The molecule has 0 unspecified atom stereocenters. The molecule has 0 saturated carbocycles. The molecule has 0 spiro atoms. The lowest BCUT2D eigenvalue weighted by molar-refractivity contribution is -2.00. The largest absolute Gasteiger partial charge is 0.418 e. The Morgan fingerprint density at radius 3 is 2.06 bits per heavy atom. The zero-order valence-corrected chi connectivity index (χ0v) is 20.2. The van der Waals surface area contributed by atoms with Crippen LogP contribution in [0.1, 0.15) is 16.2 Å². The normalized spacial score (nSPS) is 11.6. The zero-order valence-electron chi connectivity index (χ0n) is 16.2. The highest BCUT2D eigenvalue weighted by Gasteiger charge is 2.24. The zero-order chi connectivity index (χ0) is 23.1. The van der Waals surface area contributed by atoms with E-state index in [4.69, 9.17) is 34.7 Å². The standard InChI is InChI=1S/C23H15BrClOS.ClHO4/c24-19-10-8-18(9-11-19)22-15-27-23(26-22)21(17-4-2-1-3-5-17)14-16-6-12-20(25)13-7-16;2-1(3,4)5/h1-15H;(H,2,3,4,5)/q+1;/p-1/b21-14+;. The van der Waals surface area contributed by atoms with Crippen molar-refractivity contribution >= 4 is 50.5 Å². The third-order valence-corrected chi connectivity index (χ3v) is 5.72. The Hall–Kier alpha value is -2.07. The lowest BCUT2D eigenvalue weighted by Gasteiger charge is -2.17. The van der Waals surface area contributed by atoms with E-state index >= 15 is 0 Å². The molecule has 164 valence electrons. The minimum absolute atomic E-state index is 0.728. The minimum atomic E-state index is -4.94. The van der Waals surface area contributed by atoms with E-state index in [1.165, 1.54) is 0 Å². The second kappa shape index (κ2) is 11.2. The average Bonchev–Trinajstić information content (AvgIpc) is 3.23. The van der Waals surface area contributed by atoms with Crippen LogP contribution in [0.4, 0.5) is 0 Å². The topological polar surface area (TPSA) is 104 Å². The number of halogens is 3. The van der Waals surface area contributed by atoms with E-state index in [2.05, 4.69) is 39.5 Å². The van der Waals surface area contributed by atoms with Gasteiger partial charge in [0, 0.05) is 9.50 Å². The van der Waals surface area contributed by atoms with Gasteiger partial charge in [0.05, 0.1) is 11.1 Å². The van der Waals surface area contributed by atoms with Gasteiger partial charge in [-0.05, 0) is 64.9 Å². The van der Waals surface area contributed by atoms with Gasteiger partial charge in [0.2, 0.25) is 0 Å². The van der Waals surface area contributed by atoms with Crippen molar-refractivity contribution in [1.29, 1.82) is 0 Å². The third kappa shape index (κ3) is 7.81. The summed E-state index contributed by atoms with van der Waals surface area (Å²) >= 11 is 11.1. The number of hydrogen-bond donors (Lipinski definition) is 0. The highest BCUT2D eigenvalue weighted by molar-refractivity contribution is 9.10. The average molecular weight is 554 g/mol. The molecule has 4 rings (SSSR count). The second-order valence-electron chi connectivity index (χ2n) is 6.35. The fourth-order valence-electron chi connectivity index (χ4n) is 2.72. The molecule has 0 aliphatic carbocycles. The summed E-state index contributed by atoms with van der Waals surface area (Å²) < 4.78 is 41.3. The highest BCUT2D eigenvalue weighted by atomic mass is 79.9. The van der Waals surface area contributed by atoms with Gasteiger partial charge in [0.25, 0.3) is 0 Å². The van der Waals surface area contributed by atoms with Gasteiger partial charge in [-0.25, -0.2) is 18.6 Å². The predicted octanol–water partition coefficient (Wildman–Crippen LogP) is 3.54. The van der Waals surface area contributed by atoms with Gasteiger partial charge >= 0.3 is 10.8 Å². The van der Waals surface area contributed by atoms with E-state index in [-0.39, 0.29) is 0 Å². The van der Waals surface area contributed by atoms with Crippen molar-refractivity contribution in [2.45, 2.75) is 0 Å². The molecule has 32 heavy (non-hydrogen) atoms. The van der Waals surface area contributed by atoms with Crippen molar-refractivity contribution in [3.05, 3.63) is 110 Å². The Balaban J connectivity index is 0.000000523. The molecule has 0 fully saturated rings. The van der Waals surface area contributed by atoms with E-state index in [1.807, 2.05) is 66.7 Å². The predicted molar refractivity (Wildman–Crippen MR) is 119 cm³/mol. The van der Waals surface area contributed by atoms with Crippen LogP contribution in [0.2, 0.25) is 5.02 Å². The molecule has 0 amide bonds. The van der Waals surface area contributed by atoms with E-state index in [9.17, 15) is 0 Å². The van der Waals surface area contributed by atoms with Crippen molar-refractivity contribution in [3.8, 4) is 11.3 Å². The smallest absolute Gasteiger partial charge is 0.222 e. The third-order valence-electron chi connectivity index (χ3n) is 4.09. The first-order chi connectivity index (χ1) is 15.2. The minimum Gasteiger partial charge on any atom is -0.222 e. The second-order valence-corrected chi connectivity index (χ2v) is 9.30. The van der Waals surface area contributed by atoms with Crippen LogP contribution < -0.4 is 18.6 Å². The molecule has 0 aliphatic heterocycles. The van der Waals surface area contributed by atoms with E-state index in [0.29, 0.717) is 0 Å². The molecule has 0 atom stereocenters. The van der Waals surface area contributed by atoms with Crippen LogP contribution in [0.3, 0.4) is 0 Å². The SMILES string of the molecule is Clc1ccc(/C=C(\c2ccccc2)c2[o+]c(-c3ccc(Br)cc3)cs2)cc1.[O-][Cl+3]([O-])([O-])[O-]. The summed E-state index contributed by atoms with van der Waals surface area (Å²) in [4.78, 5) is 0. The van der Waals surface area contributed by atoms with Crippen molar-refractivity contribution in [2.24, 2.45) is 0 Å². The van der Waals surface area contributed by atoms with E-state index in [1.54, 1.807) is 11.3 Å². The molecule has 0 bridgehead atoms. The molecule has 0 N–H and O–H groups in total. The molecule has 9 heteroatoms. The van der Waals surface area contributed by atoms with Crippen LogP contribution >= 0.6 is 38.9 Å². The maximum absolute atomic E-state index is 8.49. The molecular weight excluding hydrogens is 539 g/mol. The number of hydrogen-bond acceptors (Lipinski definition) is 5. The molecule has 1 aromatic heterocycles. The number of benzene rings is 3. The Bertz CT molecular complexity index is 1170. The van der Waals surface area contributed by atoms with Crippen molar-refractivity contribution < 1.29 is 33.3 Å². The monoisotopic (exact) mass is 552 g/mol. The van der Waals surface area contributed by atoms with E-state index in [0.717, 1.165) is 42.6 Å². The van der Waals surface area contributed by atoms with E-state index < -0.39 is 10.2 Å². The first kappa shape index (κ1) is 24.6. The van der Waals surface area contributed by atoms with Crippen LogP contribution in [0, 0.1) is 10.2 Å². The number of rotatable bonds is 4. The summed E-state index contributed by atoms with van der Waals surface area (Å²) in [7, 11) is -4.94. The van der Waals surface area contributed by atoms with Gasteiger partial charge in [-0.1, -0.05) is 70.0 Å². The first-order valence-electron chi connectivity index (χ1n) is 9.01. The summed E-state index contributed by atoms with van der Waals surface area (Å²) in [5, 5.41) is 3.65. The molecule has 0 saturated heterocycles. The van der Waals surface area contributed by atoms with Crippen molar-refractivity contribution in [2.75, 3.05) is 0 Å². The molecule has 3 aromatic carbocycles. The lowest BCUT2D eigenvalue weighted by Crippen LogP contribution is -2.68. The molecular formula is C23H15BrCl2O5S. The van der Waals surface area contributed by atoms with Crippen LogP contribution in [0.25, 0.3) is 23.0 Å². The van der Waals surface area contributed by atoms with Gasteiger partial charge in [-0.15, -0.1) is 10.2 Å². The fourth-order valence-corrected chi connectivity index (χ4v) is 3.95. The summed E-state index contributed by atoms with van der Waals surface area (Å²) in [6.45, 7) is 0. The Morgan fingerprint density at radius 2 is 1.47 bits per heavy atom. The van der Waals surface area contributed by atoms with Crippen molar-refractivity contribution in [3.63, 3.8) is 0 Å². The van der Waals surface area contributed by atoms with Crippen LogP contribution in [0.15, 0.2) is 93.1 Å². The first-order valence-corrected chi connectivity index (χ1v) is 12.3. The Kier molecular flexibility index (Phi) is 8.58. The summed E-state index contributed by atoms with van der Waals surface area (Å²) in [5.41, 5.74) is 4.29. The Morgan fingerprint density at radius 1 is 0.875 bits per heavy atom. The van der Waals surface area contributed by atoms with Crippen LogP contribution in [-0.4, -0.2) is 0 Å². The summed E-state index contributed by atoms with van der Waals surface area (Å²) in [5.74, 6) is 0.862. The maximum atomic E-state index is 8.49. The van der Waals surface area contributed by atoms with Crippen LogP contribution in [-0.2, 0) is 0 Å². The lowest BCUT2D eigenvalue weighted by atomic mass is 10.0. The quantitative estimate of drug-likeness (QED) is 0.284. The van der Waals surface area contributed by atoms with Gasteiger partial charge in [-0.2, -0.15) is 4.42 Å². The van der Waals surface area contributed by atoms with Gasteiger partial charge < -0.3 is 0 Å². The summed E-state index contributed by atoms with van der Waals surface area (Å²) in [6, 6.07) is 26.2. The summed E-state index contributed by atoms with van der Waals surface area (Å²) in [6.07, 6.45) is 2.13. The molecule has 0 aliphatic rings. The van der Waals surface area contributed by atoms with Gasteiger partial charge in [-0.3, -0.25) is 0 Å². The molecule has 0 radical (unpaired) electrons. The van der Waals surface area contributed by atoms with Crippen molar-refractivity contribution in [1.82, 2.24) is 0 Å². The maximum Gasteiger partial charge on any atom is 0.418 e. The highest BCUT2D eigenvalue weighted by Crippen LogP contribution is 2.35. The molecule has 5 nitrogen and oxygen atoms in total. The van der Waals surface area contributed by atoms with Gasteiger partial charge in [0.1, 0.15) is 5.38 Å². The Labute approximate surface area is 204 Å². The molecule has 1 heterocycles. The van der Waals surface area contributed by atoms with Crippen LogP contribution in [0.5, 0.6) is 0 Å².